The second-order valence-corrected chi connectivity index (χ2v) is 5.51. The molecule has 1 rings (SSSR count). The monoisotopic (exact) mass is 213 g/mol. The number of nitrogens with zero attached hydrogens (tertiary/aromatic N) is 1. The van der Waals surface area contributed by atoms with Gasteiger partial charge in [0.25, 0.3) is 0 Å². The number of hydrogen-bond acceptors (Lipinski definition) is 3. The average Bonchev–Trinajstić information content (AvgIpc) is 2.67. The first-order chi connectivity index (χ1) is 6.96. The molecule has 3 nitrogen and oxygen atoms in total. The fourth-order valence-corrected chi connectivity index (χ4v) is 2.20. The van der Waals surface area contributed by atoms with E-state index in [4.69, 9.17) is 0 Å². The summed E-state index contributed by atoms with van der Waals surface area (Å²) in [5, 5.41) is 9.27. The van der Waals surface area contributed by atoms with Crippen LogP contribution in [0.15, 0.2) is 0 Å². The maximum absolute atomic E-state index is 11.2. The molecule has 1 aliphatic carbocycles. The smallest absolute Gasteiger partial charge is 0.127 e. The minimum Gasteiger partial charge on any atom is -0.394 e. The number of aldehydes is 1. The third kappa shape index (κ3) is 2.79. The van der Waals surface area contributed by atoms with Gasteiger partial charge in [0.1, 0.15) is 6.29 Å². The molecule has 0 bridgehead atoms. The molecule has 0 heterocycles. The van der Waals surface area contributed by atoms with Gasteiger partial charge in [0.05, 0.1) is 6.61 Å². The first-order valence-corrected chi connectivity index (χ1v) is 5.74. The van der Waals surface area contributed by atoms with Crippen LogP contribution in [0.3, 0.4) is 0 Å². The van der Waals surface area contributed by atoms with Crippen molar-refractivity contribution in [3.05, 3.63) is 0 Å². The Kier molecular flexibility index (Phi) is 3.90. The summed E-state index contributed by atoms with van der Waals surface area (Å²) in [5.41, 5.74) is -0.389. The zero-order valence-corrected chi connectivity index (χ0v) is 10.1. The predicted molar refractivity (Wildman–Crippen MR) is 60.8 cm³/mol. The van der Waals surface area contributed by atoms with Gasteiger partial charge in [-0.15, -0.1) is 0 Å². The van der Waals surface area contributed by atoms with Gasteiger partial charge in [0.2, 0.25) is 0 Å². The lowest BCUT2D eigenvalue weighted by atomic mass is 9.86. The van der Waals surface area contributed by atoms with Gasteiger partial charge in [-0.1, -0.05) is 12.8 Å². The van der Waals surface area contributed by atoms with Crippen LogP contribution in [0.2, 0.25) is 0 Å². The van der Waals surface area contributed by atoms with Crippen LogP contribution in [0.4, 0.5) is 0 Å². The Hall–Kier alpha value is -0.410. The van der Waals surface area contributed by atoms with Gasteiger partial charge in [0.15, 0.2) is 0 Å². The zero-order valence-electron chi connectivity index (χ0n) is 10.1. The summed E-state index contributed by atoms with van der Waals surface area (Å²) in [6.07, 6.45) is 5.45. The highest BCUT2D eigenvalue weighted by atomic mass is 16.3. The van der Waals surface area contributed by atoms with E-state index in [1.165, 1.54) is 0 Å². The maximum atomic E-state index is 11.2. The number of likely N-dealkylation sites (N-methyl/N-ethyl adjacent to an activating group) is 1. The molecule has 1 fully saturated rings. The molecule has 0 atom stereocenters. The van der Waals surface area contributed by atoms with E-state index < -0.39 is 0 Å². The number of aliphatic hydroxyl groups excluding tert-OH is 1. The lowest BCUT2D eigenvalue weighted by Gasteiger charge is -2.38. The molecule has 88 valence electrons. The van der Waals surface area contributed by atoms with Crippen LogP contribution in [0.1, 0.15) is 39.5 Å². The number of hydrogen-bond donors (Lipinski definition) is 1. The van der Waals surface area contributed by atoms with Crippen molar-refractivity contribution in [2.24, 2.45) is 5.41 Å². The molecule has 0 spiro atoms. The third-order valence-electron chi connectivity index (χ3n) is 3.82. The van der Waals surface area contributed by atoms with Crippen molar-refractivity contribution in [3.63, 3.8) is 0 Å². The van der Waals surface area contributed by atoms with Crippen LogP contribution in [0.5, 0.6) is 0 Å². The second kappa shape index (κ2) is 4.62. The molecule has 0 aromatic rings. The molecule has 0 unspecified atom stereocenters. The normalized spacial score (nSPS) is 20.9. The van der Waals surface area contributed by atoms with Crippen molar-refractivity contribution in [2.45, 2.75) is 45.1 Å². The van der Waals surface area contributed by atoms with E-state index >= 15 is 0 Å². The Labute approximate surface area is 92.5 Å². The Balaban J connectivity index is 2.63. The molecule has 0 amide bonds. The minimum atomic E-state index is -0.237. The number of carbonyl (C=O) groups excluding carboxylic acids is 1. The first kappa shape index (κ1) is 12.7. The summed E-state index contributed by atoms with van der Waals surface area (Å²) >= 11 is 0. The van der Waals surface area contributed by atoms with Crippen LogP contribution >= 0.6 is 0 Å². The van der Waals surface area contributed by atoms with Gasteiger partial charge in [-0.2, -0.15) is 0 Å². The second-order valence-electron chi connectivity index (χ2n) is 5.51. The predicted octanol–water partition coefficient (Wildman–Crippen LogP) is 1.45. The molecular formula is C12H23NO2. The van der Waals surface area contributed by atoms with Crippen LogP contribution in [-0.2, 0) is 4.79 Å². The summed E-state index contributed by atoms with van der Waals surface area (Å²) in [6, 6.07) is 0. The standard InChI is InChI=1S/C12H23NO2/c1-11(2,9-14)13(3)8-12(10-15)6-4-5-7-12/h10,14H,4-9H2,1-3H3. The highest BCUT2D eigenvalue weighted by molar-refractivity contribution is 5.60. The molecule has 1 saturated carbocycles. The van der Waals surface area contributed by atoms with Crippen molar-refractivity contribution in [2.75, 3.05) is 20.2 Å². The Morgan fingerprint density at radius 1 is 1.40 bits per heavy atom. The van der Waals surface area contributed by atoms with Crippen molar-refractivity contribution in [3.8, 4) is 0 Å². The summed E-state index contributed by atoms with van der Waals surface area (Å²) in [6.45, 7) is 4.89. The van der Waals surface area contributed by atoms with Gasteiger partial charge in [-0.25, -0.2) is 0 Å². The van der Waals surface area contributed by atoms with Crippen molar-refractivity contribution >= 4 is 6.29 Å². The highest BCUT2D eigenvalue weighted by Crippen LogP contribution is 2.37. The summed E-state index contributed by atoms with van der Waals surface area (Å²) in [4.78, 5) is 13.3. The van der Waals surface area contributed by atoms with Gasteiger partial charge >= 0.3 is 0 Å². The fraction of sp³-hybridized carbons (Fsp3) is 0.917. The van der Waals surface area contributed by atoms with Gasteiger partial charge < -0.3 is 9.90 Å². The molecule has 0 aromatic carbocycles. The van der Waals surface area contributed by atoms with Crippen molar-refractivity contribution < 1.29 is 9.90 Å². The first-order valence-electron chi connectivity index (χ1n) is 5.74. The summed E-state index contributed by atoms with van der Waals surface area (Å²) in [7, 11) is 1.99. The highest BCUT2D eigenvalue weighted by Gasteiger charge is 2.37. The van der Waals surface area contributed by atoms with Crippen molar-refractivity contribution in [1.29, 1.82) is 0 Å². The molecule has 0 radical (unpaired) electrons. The molecule has 15 heavy (non-hydrogen) atoms. The molecule has 0 aliphatic heterocycles. The van der Waals surface area contributed by atoms with E-state index in [0.29, 0.717) is 0 Å². The number of carbonyl (C=O) groups is 1. The maximum Gasteiger partial charge on any atom is 0.127 e. The molecule has 3 heteroatoms. The average molecular weight is 213 g/mol. The Morgan fingerprint density at radius 2 is 1.93 bits per heavy atom. The topological polar surface area (TPSA) is 40.5 Å². The Morgan fingerprint density at radius 3 is 2.33 bits per heavy atom. The van der Waals surface area contributed by atoms with Crippen LogP contribution in [0, 0.1) is 5.41 Å². The van der Waals surface area contributed by atoms with Crippen LogP contribution in [0.25, 0.3) is 0 Å². The third-order valence-corrected chi connectivity index (χ3v) is 3.82. The van der Waals surface area contributed by atoms with E-state index in [9.17, 15) is 9.90 Å². The molecule has 0 saturated heterocycles. The van der Waals surface area contributed by atoms with E-state index in [1.54, 1.807) is 0 Å². The quantitative estimate of drug-likeness (QED) is 0.703. The largest absolute Gasteiger partial charge is 0.394 e. The van der Waals surface area contributed by atoms with Gasteiger partial charge in [-0.3, -0.25) is 4.90 Å². The fourth-order valence-electron chi connectivity index (χ4n) is 2.20. The van der Waals surface area contributed by atoms with E-state index in [-0.39, 0.29) is 17.6 Å². The Bertz CT molecular complexity index is 220. The summed E-state index contributed by atoms with van der Waals surface area (Å²) < 4.78 is 0. The molecule has 1 N–H and O–H groups in total. The van der Waals surface area contributed by atoms with E-state index in [0.717, 1.165) is 38.5 Å². The number of aliphatic hydroxyl groups is 1. The van der Waals surface area contributed by atoms with Gasteiger partial charge in [-0.05, 0) is 33.7 Å². The zero-order chi connectivity index (χ0) is 11.5. The van der Waals surface area contributed by atoms with E-state index in [1.807, 2.05) is 20.9 Å². The molecular weight excluding hydrogens is 190 g/mol. The minimum absolute atomic E-state index is 0.123. The van der Waals surface area contributed by atoms with Crippen LogP contribution in [-0.4, -0.2) is 42.0 Å². The SMILES string of the molecule is CN(CC1(C=O)CCCC1)C(C)(C)CO. The molecule has 1 aliphatic rings. The van der Waals surface area contributed by atoms with Crippen LogP contribution < -0.4 is 0 Å². The van der Waals surface area contributed by atoms with Crippen molar-refractivity contribution in [1.82, 2.24) is 4.90 Å². The molecule has 0 aromatic heterocycles. The summed E-state index contributed by atoms with van der Waals surface area (Å²) in [5.74, 6) is 0. The lowest BCUT2D eigenvalue weighted by molar-refractivity contribution is -0.117. The van der Waals surface area contributed by atoms with Gasteiger partial charge in [0, 0.05) is 17.5 Å². The van der Waals surface area contributed by atoms with E-state index in [2.05, 4.69) is 4.90 Å². The number of rotatable bonds is 5. The lowest BCUT2D eigenvalue weighted by Crippen LogP contribution is -2.49.